The summed E-state index contributed by atoms with van der Waals surface area (Å²) in [6.45, 7) is 8.71. The number of guanidine groups is 1. The van der Waals surface area contributed by atoms with E-state index in [0.29, 0.717) is 19.6 Å². The van der Waals surface area contributed by atoms with Crippen LogP contribution in [0.3, 0.4) is 0 Å². The van der Waals surface area contributed by atoms with E-state index in [9.17, 15) is 4.79 Å². The summed E-state index contributed by atoms with van der Waals surface area (Å²) in [7, 11) is 0. The van der Waals surface area contributed by atoms with Crippen LogP contribution >= 0.6 is 0 Å². The molecule has 0 unspecified atom stereocenters. The number of amides is 1. The normalized spacial score (nSPS) is 14.0. The van der Waals surface area contributed by atoms with Crippen molar-refractivity contribution in [1.29, 1.82) is 0 Å². The molecule has 0 atom stereocenters. The first-order chi connectivity index (χ1) is 13.6. The number of aryl methyl sites for hydroxylation is 1. The van der Waals surface area contributed by atoms with Crippen molar-refractivity contribution >= 4 is 11.9 Å². The zero-order valence-corrected chi connectivity index (χ0v) is 17.0. The van der Waals surface area contributed by atoms with E-state index in [1.54, 1.807) is 0 Å². The number of hydrogen-bond acceptors (Lipinski definition) is 3. The van der Waals surface area contributed by atoms with Gasteiger partial charge in [0, 0.05) is 36.8 Å². The maximum Gasteiger partial charge on any atom is 0.223 e. The first-order valence-corrected chi connectivity index (χ1v) is 10.0. The first kappa shape index (κ1) is 19.9. The monoisotopic (exact) mass is 382 g/mol. The Morgan fingerprint density at radius 1 is 1.14 bits per heavy atom. The molecule has 1 amide bonds. The zero-order valence-electron chi connectivity index (χ0n) is 17.0. The lowest BCUT2D eigenvalue weighted by molar-refractivity contribution is -0.122. The van der Waals surface area contributed by atoms with E-state index in [-0.39, 0.29) is 11.8 Å². The smallest absolute Gasteiger partial charge is 0.223 e. The number of benzene rings is 1. The van der Waals surface area contributed by atoms with Gasteiger partial charge in [0.05, 0.1) is 17.9 Å². The molecule has 2 aromatic rings. The van der Waals surface area contributed by atoms with Crippen LogP contribution in [-0.4, -0.2) is 41.3 Å². The fraction of sp³-hybridized carbons (Fsp3) is 0.476. The van der Waals surface area contributed by atoms with E-state index < -0.39 is 0 Å². The van der Waals surface area contributed by atoms with Gasteiger partial charge in [0.1, 0.15) is 0 Å². The molecule has 0 bridgehead atoms. The Morgan fingerprint density at radius 2 is 1.86 bits per heavy atom. The summed E-state index contributed by atoms with van der Waals surface area (Å²) in [6.07, 6.45) is 2.05. The average Bonchev–Trinajstić information content (AvgIpc) is 3.51. The van der Waals surface area contributed by atoms with Gasteiger partial charge in [-0.05, 0) is 45.7 Å². The van der Waals surface area contributed by atoms with Gasteiger partial charge in [-0.25, -0.2) is 9.67 Å². The van der Waals surface area contributed by atoms with Crippen molar-refractivity contribution in [1.82, 2.24) is 25.7 Å². The Bertz CT molecular complexity index is 823. The summed E-state index contributed by atoms with van der Waals surface area (Å²) in [5, 5.41) is 14.2. The minimum atomic E-state index is 0.170. The summed E-state index contributed by atoms with van der Waals surface area (Å²) in [6, 6.07) is 10.1. The first-order valence-electron chi connectivity index (χ1n) is 10.0. The highest BCUT2D eigenvalue weighted by molar-refractivity contribution is 5.81. The Labute approximate surface area is 166 Å². The highest BCUT2D eigenvalue weighted by atomic mass is 16.2. The van der Waals surface area contributed by atoms with E-state index in [2.05, 4.69) is 28.0 Å². The molecule has 1 aliphatic rings. The largest absolute Gasteiger partial charge is 0.357 e. The van der Waals surface area contributed by atoms with Crippen molar-refractivity contribution in [3.05, 3.63) is 47.3 Å². The SMILES string of the molecule is CCNC(=NCc1c(C)nn(-c2ccccc2)c1C)NCCNC(=O)C1CC1. The van der Waals surface area contributed by atoms with E-state index in [4.69, 9.17) is 4.99 Å². The fourth-order valence-electron chi connectivity index (χ4n) is 3.08. The molecule has 0 saturated heterocycles. The van der Waals surface area contributed by atoms with Gasteiger partial charge in [0.2, 0.25) is 5.91 Å². The number of nitrogens with zero attached hydrogens (tertiary/aromatic N) is 3. The van der Waals surface area contributed by atoms with Crippen molar-refractivity contribution in [3.63, 3.8) is 0 Å². The van der Waals surface area contributed by atoms with Crippen LogP contribution < -0.4 is 16.0 Å². The van der Waals surface area contributed by atoms with Crippen molar-refractivity contribution in [3.8, 4) is 5.69 Å². The minimum Gasteiger partial charge on any atom is -0.357 e. The van der Waals surface area contributed by atoms with Gasteiger partial charge >= 0.3 is 0 Å². The van der Waals surface area contributed by atoms with Crippen molar-refractivity contribution < 1.29 is 4.79 Å². The third kappa shape index (κ3) is 5.12. The average molecular weight is 383 g/mol. The van der Waals surface area contributed by atoms with E-state index in [0.717, 1.165) is 48.0 Å². The van der Waals surface area contributed by atoms with Gasteiger partial charge in [0.15, 0.2) is 5.96 Å². The van der Waals surface area contributed by atoms with Crippen LogP contribution in [0.2, 0.25) is 0 Å². The summed E-state index contributed by atoms with van der Waals surface area (Å²) in [4.78, 5) is 16.4. The molecular formula is C21H30N6O. The number of rotatable bonds is 8. The zero-order chi connectivity index (χ0) is 19.9. The predicted molar refractivity (Wildman–Crippen MR) is 112 cm³/mol. The summed E-state index contributed by atoms with van der Waals surface area (Å²) in [5.74, 6) is 1.16. The van der Waals surface area contributed by atoms with Gasteiger partial charge in [-0.3, -0.25) is 4.79 Å². The molecule has 3 N–H and O–H groups in total. The van der Waals surface area contributed by atoms with Crippen LogP contribution in [0.5, 0.6) is 0 Å². The highest BCUT2D eigenvalue weighted by Gasteiger charge is 2.28. The number of aliphatic imine (C=N–C) groups is 1. The predicted octanol–water partition coefficient (Wildman–Crippen LogP) is 2.07. The molecule has 0 spiro atoms. The Kier molecular flexibility index (Phi) is 6.68. The topological polar surface area (TPSA) is 83.3 Å². The summed E-state index contributed by atoms with van der Waals surface area (Å²) >= 11 is 0. The molecule has 1 fully saturated rings. The van der Waals surface area contributed by atoms with Gasteiger partial charge in [0.25, 0.3) is 0 Å². The molecule has 0 radical (unpaired) electrons. The van der Waals surface area contributed by atoms with Crippen LogP contribution in [-0.2, 0) is 11.3 Å². The van der Waals surface area contributed by atoms with Crippen molar-refractivity contribution in [2.75, 3.05) is 19.6 Å². The summed E-state index contributed by atoms with van der Waals surface area (Å²) in [5.41, 5.74) is 4.26. The summed E-state index contributed by atoms with van der Waals surface area (Å²) < 4.78 is 1.97. The molecule has 1 heterocycles. The lowest BCUT2D eigenvalue weighted by Crippen LogP contribution is -2.41. The maximum atomic E-state index is 11.7. The number of hydrogen-bond donors (Lipinski definition) is 3. The second-order valence-corrected chi connectivity index (χ2v) is 7.08. The van der Waals surface area contributed by atoms with Crippen LogP contribution in [0.25, 0.3) is 5.69 Å². The number of carbonyl (C=O) groups is 1. The number of aromatic nitrogens is 2. The number of nitrogens with one attached hydrogen (secondary N) is 3. The highest BCUT2D eigenvalue weighted by Crippen LogP contribution is 2.28. The molecular weight excluding hydrogens is 352 g/mol. The Balaban J connectivity index is 1.60. The Hall–Kier alpha value is -2.83. The number of para-hydroxylation sites is 1. The maximum absolute atomic E-state index is 11.7. The quantitative estimate of drug-likeness (QED) is 0.371. The van der Waals surface area contributed by atoms with Gasteiger partial charge in [-0.1, -0.05) is 18.2 Å². The second-order valence-electron chi connectivity index (χ2n) is 7.08. The molecule has 7 nitrogen and oxygen atoms in total. The van der Waals surface area contributed by atoms with Crippen LogP contribution in [0, 0.1) is 19.8 Å². The number of carbonyl (C=O) groups excluding carboxylic acids is 1. The third-order valence-electron chi connectivity index (χ3n) is 4.85. The van der Waals surface area contributed by atoms with Crippen LogP contribution in [0.15, 0.2) is 35.3 Å². The molecule has 3 rings (SSSR count). The molecule has 1 aromatic heterocycles. The standard InChI is InChI=1S/C21H30N6O/c1-4-22-21(24-13-12-23-20(28)17-10-11-17)25-14-19-15(2)26-27(16(19)3)18-8-6-5-7-9-18/h5-9,17H,4,10-14H2,1-3H3,(H,23,28)(H2,22,24,25). The van der Waals surface area contributed by atoms with E-state index in [1.807, 2.05) is 48.9 Å². The van der Waals surface area contributed by atoms with Crippen LogP contribution in [0.1, 0.15) is 36.7 Å². The molecule has 1 aromatic carbocycles. The van der Waals surface area contributed by atoms with Crippen molar-refractivity contribution in [2.45, 2.75) is 40.2 Å². The lowest BCUT2D eigenvalue weighted by atomic mass is 10.2. The van der Waals surface area contributed by atoms with Gasteiger partial charge in [-0.2, -0.15) is 5.10 Å². The van der Waals surface area contributed by atoms with Gasteiger partial charge < -0.3 is 16.0 Å². The molecule has 150 valence electrons. The molecule has 28 heavy (non-hydrogen) atoms. The Morgan fingerprint density at radius 3 is 2.54 bits per heavy atom. The fourth-order valence-corrected chi connectivity index (χ4v) is 3.08. The van der Waals surface area contributed by atoms with Gasteiger partial charge in [-0.15, -0.1) is 0 Å². The van der Waals surface area contributed by atoms with E-state index >= 15 is 0 Å². The lowest BCUT2D eigenvalue weighted by Gasteiger charge is -2.12. The van der Waals surface area contributed by atoms with Crippen LogP contribution in [0.4, 0.5) is 0 Å². The molecule has 0 aliphatic heterocycles. The molecule has 1 saturated carbocycles. The van der Waals surface area contributed by atoms with Crippen molar-refractivity contribution in [2.24, 2.45) is 10.9 Å². The minimum absolute atomic E-state index is 0.170. The molecule has 7 heteroatoms. The third-order valence-corrected chi connectivity index (χ3v) is 4.85. The van der Waals surface area contributed by atoms with E-state index in [1.165, 1.54) is 0 Å². The second kappa shape index (κ2) is 9.39. The molecule has 1 aliphatic carbocycles.